The minimum absolute atomic E-state index is 0.288. The molecule has 0 heterocycles. The third-order valence-corrected chi connectivity index (χ3v) is 4.36. The number of rotatable bonds is 4. The van der Waals surface area contributed by atoms with E-state index in [9.17, 15) is 5.11 Å². The quantitative estimate of drug-likeness (QED) is 0.857. The zero-order chi connectivity index (χ0) is 12.1. The van der Waals surface area contributed by atoms with Gasteiger partial charge >= 0.3 is 0 Å². The van der Waals surface area contributed by atoms with Crippen LogP contribution in [0.5, 0.6) is 0 Å². The predicted octanol–water partition coefficient (Wildman–Crippen LogP) is 4.07. The molecule has 17 heavy (non-hydrogen) atoms. The topological polar surface area (TPSA) is 20.2 Å². The molecule has 1 fully saturated rings. The summed E-state index contributed by atoms with van der Waals surface area (Å²) in [7, 11) is 0. The fraction of sp³-hybridized carbons (Fsp3) is 0.600. The van der Waals surface area contributed by atoms with Gasteiger partial charge in [0, 0.05) is 11.6 Å². The van der Waals surface area contributed by atoms with Crippen molar-refractivity contribution in [2.75, 3.05) is 6.61 Å². The van der Waals surface area contributed by atoms with Crippen molar-refractivity contribution in [2.24, 2.45) is 11.8 Å². The first kappa shape index (κ1) is 12.9. The molecule has 1 nitrogen and oxygen atoms in total. The number of hydrogen-bond acceptors (Lipinski definition) is 1. The Hall–Kier alpha value is -0.530. The first-order chi connectivity index (χ1) is 8.31. The van der Waals surface area contributed by atoms with Crippen LogP contribution in [-0.4, -0.2) is 11.7 Å². The Balaban J connectivity index is 2.01. The van der Waals surface area contributed by atoms with Crippen LogP contribution in [0, 0.1) is 11.8 Å². The molecule has 2 heteroatoms. The molecule has 0 spiro atoms. The molecule has 0 aliphatic heterocycles. The van der Waals surface area contributed by atoms with Crippen molar-refractivity contribution >= 4 is 11.6 Å². The lowest BCUT2D eigenvalue weighted by Crippen LogP contribution is -2.23. The van der Waals surface area contributed by atoms with Crippen LogP contribution in [0.2, 0.25) is 5.02 Å². The van der Waals surface area contributed by atoms with Crippen LogP contribution in [0.15, 0.2) is 24.3 Å². The summed E-state index contributed by atoms with van der Waals surface area (Å²) in [5, 5.41) is 10.4. The summed E-state index contributed by atoms with van der Waals surface area (Å²) in [6.07, 6.45) is 7.47. The van der Waals surface area contributed by atoms with Gasteiger partial charge < -0.3 is 5.11 Å². The van der Waals surface area contributed by atoms with Crippen molar-refractivity contribution < 1.29 is 5.11 Å². The second-order valence-corrected chi connectivity index (χ2v) is 5.54. The number of halogens is 1. The Bertz CT molecular complexity index is 345. The Labute approximate surface area is 109 Å². The Morgan fingerprint density at radius 3 is 2.53 bits per heavy atom. The second-order valence-electron chi connectivity index (χ2n) is 5.14. The van der Waals surface area contributed by atoms with Crippen molar-refractivity contribution in [3.63, 3.8) is 0 Å². The maximum Gasteiger partial charge on any atom is 0.0465 e. The van der Waals surface area contributed by atoms with Gasteiger partial charge in [0.1, 0.15) is 0 Å². The van der Waals surface area contributed by atoms with Crippen LogP contribution in [0.25, 0.3) is 0 Å². The summed E-state index contributed by atoms with van der Waals surface area (Å²) >= 11 is 6.18. The molecule has 0 radical (unpaired) electrons. The van der Waals surface area contributed by atoms with Gasteiger partial charge in [0.05, 0.1) is 0 Å². The normalized spacial score (nSPS) is 19.2. The number of benzene rings is 1. The van der Waals surface area contributed by atoms with Gasteiger partial charge in [0.2, 0.25) is 0 Å². The zero-order valence-electron chi connectivity index (χ0n) is 10.2. The predicted molar refractivity (Wildman–Crippen MR) is 72.3 cm³/mol. The van der Waals surface area contributed by atoms with Gasteiger partial charge in [-0.2, -0.15) is 0 Å². The largest absolute Gasteiger partial charge is 0.396 e. The van der Waals surface area contributed by atoms with E-state index in [2.05, 4.69) is 6.07 Å². The van der Waals surface area contributed by atoms with E-state index in [1.807, 2.05) is 18.2 Å². The zero-order valence-corrected chi connectivity index (χ0v) is 11.0. The summed E-state index contributed by atoms with van der Waals surface area (Å²) in [6, 6.07) is 8.00. The summed E-state index contributed by atoms with van der Waals surface area (Å²) in [6.45, 7) is 0.288. The van der Waals surface area contributed by atoms with Crippen molar-refractivity contribution in [1.82, 2.24) is 0 Å². The van der Waals surface area contributed by atoms with Crippen molar-refractivity contribution in [1.29, 1.82) is 0 Å². The van der Waals surface area contributed by atoms with E-state index in [1.54, 1.807) is 0 Å². The van der Waals surface area contributed by atoms with Gasteiger partial charge in [0.25, 0.3) is 0 Å². The van der Waals surface area contributed by atoms with Crippen LogP contribution >= 0.6 is 11.6 Å². The molecule has 0 saturated heterocycles. The smallest absolute Gasteiger partial charge is 0.0465 e. The SMILES string of the molecule is OCC(Cc1ccccc1Cl)C1CCCCC1. The fourth-order valence-corrected chi connectivity index (χ4v) is 3.15. The average Bonchev–Trinajstić information content (AvgIpc) is 2.39. The Morgan fingerprint density at radius 1 is 1.18 bits per heavy atom. The molecule has 2 rings (SSSR count). The minimum Gasteiger partial charge on any atom is -0.396 e. The highest BCUT2D eigenvalue weighted by Gasteiger charge is 2.23. The van der Waals surface area contributed by atoms with Crippen LogP contribution < -0.4 is 0 Å². The van der Waals surface area contributed by atoms with E-state index in [0.29, 0.717) is 11.8 Å². The molecule has 1 aromatic carbocycles. The highest BCUT2D eigenvalue weighted by Crippen LogP contribution is 2.32. The molecular formula is C15H21ClO. The number of hydrogen-bond donors (Lipinski definition) is 1. The summed E-state index contributed by atoms with van der Waals surface area (Å²) in [5.41, 5.74) is 1.18. The first-order valence-electron chi connectivity index (χ1n) is 6.65. The highest BCUT2D eigenvalue weighted by atomic mass is 35.5. The third-order valence-electron chi connectivity index (χ3n) is 3.99. The standard InChI is InChI=1S/C15H21ClO/c16-15-9-5-4-8-13(15)10-14(11-17)12-6-2-1-3-7-12/h4-5,8-9,12,14,17H,1-3,6-7,10-11H2. The average molecular weight is 253 g/mol. The van der Waals surface area contributed by atoms with Crippen LogP contribution in [0.4, 0.5) is 0 Å². The Kier molecular flexibility index (Phi) is 4.87. The molecule has 1 atom stereocenters. The van der Waals surface area contributed by atoms with Crippen molar-refractivity contribution in [3.05, 3.63) is 34.9 Å². The van der Waals surface area contributed by atoms with Crippen molar-refractivity contribution in [2.45, 2.75) is 38.5 Å². The third kappa shape index (κ3) is 3.46. The first-order valence-corrected chi connectivity index (χ1v) is 7.03. The molecule has 1 N–H and O–H groups in total. The lowest BCUT2D eigenvalue weighted by molar-refractivity contribution is 0.147. The molecule has 1 saturated carbocycles. The van der Waals surface area contributed by atoms with Gasteiger partial charge in [-0.1, -0.05) is 61.9 Å². The molecule has 1 aliphatic rings. The van der Waals surface area contributed by atoms with E-state index in [-0.39, 0.29) is 6.61 Å². The van der Waals surface area contributed by atoms with Crippen LogP contribution in [0.1, 0.15) is 37.7 Å². The molecule has 0 aromatic heterocycles. The van der Waals surface area contributed by atoms with Crippen molar-refractivity contribution in [3.8, 4) is 0 Å². The molecule has 0 amide bonds. The second kappa shape index (κ2) is 6.42. The number of aliphatic hydroxyl groups excluding tert-OH is 1. The summed E-state index contributed by atoms with van der Waals surface area (Å²) in [4.78, 5) is 0. The van der Waals surface area contributed by atoms with E-state index < -0.39 is 0 Å². The Morgan fingerprint density at radius 2 is 1.88 bits per heavy atom. The molecule has 1 aromatic rings. The maximum atomic E-state index is 9.59. The molecular weight excluding hydrogens is 232 g/mol. The van der Waals surface area contributed by atoms with Gasteiger partial charge in [-0.15, -0.1) is 0 Å². The van der Waals surface area contributed by atoms with Gasteiger partial charge in [-0.3, -0.25) is 0 Å². The lowest BCUT2D eigenvalue weighted by Gasteiger charge is -2.29. The molecule has 94 valence electrons. The van der Waals surface area contributed by atoms with Gasteiger partial charge in [-0.25, -0.2) is 0 Å². The van der Waals surface area contributed by atoms with E-state index in [0.717, 1.165) is 11.4 Å². The van der Waals surface area contributed by atoms with Gasteiger partial charge in [-0.05, 0) is 29.9 Å². The molecule has 1 unspecified atom stereocenters. The number of aliphatic hydroxyl groups is 1. The van der Waals surface area contributed by atoms with Crippen LogP contribution in [0.3, 0.4) is 0 Å². The van der Waals surface area contributed by atoms with E-state index in [1.165, 1.54) is 37.7 Å². The molecule has 0 bridgehead atoms. The maximum absolute atomic E-state index is 9.59. The van der Waals surface area contributed by atoms with Crippen LogP contribution in [-0.2, 0) is 6.42 Å². The van der Waals surface area contributed by atoms with E-state index in [4.69, 9.17) is 11.6 Å². The van der Waals surface area contributed by atoms with Gasteiger partial charge in [0.15, 0.2) is 0 Å². The molecule has 1 aliphatic carbocycles. The lowest BCUT2D eigenvalue weighted by atomic mass is 9.78. The summed E-state index contributed by atoms with van der Waals surface area (Å²) in [5.74, 6) is 1.07. The minimum atomic E-state index is 0.288. The van der Waals surface area contributed by atoms with E-state index >= 15 is 0 Å². The highest BCUT2D eigenvalue weighted by molar-refractivity contribution is 6.31. The summed E-state index contributed by atoms with van der Waals surface area (Å²) < 4.78 is 0. The monoisotopic (exact) mass is 252 g/mol. The fourth-order valence-electron chi connectivity index (χ4n) is 2.93.